The van der Waals surface area contributed by atoms with Crippen LogP contribution in [-0.2, 0) is 17.6 Å². The van der Waals surface area contributed by atoms with Crippen LogP contribution in [0.25, 0.3) is 11.5 Å². The van der Waals surface area contributed by atoms with Crippen LogP contribution >= 0.6 is 0 Å². The Morgan fingerprint density at radius 2 is 2.22 bits per heavy atom. The molecule has 1 saturated heterocycles. The number of hydrogen-bond donors (Lipinski definition) is 2. The molecule has 1 aromatic carbocycles. The first-order valence-electron chi connectivity index (χ1n) is 8.19. The van der Waals surface area contributed by atoms with Crippen molar-refractivity contribution in [3.05, 3.63) is 35.7 Å². The lowest BCUT2D eigenvalue weighted by Crippen LogP contribution is -2.41. The molecule has 2 heterocycles. The van der Waals surface area contributed by atoms with Crippen LogP contribution in [0, 0.1) is 0 Å². The summed E-state index contributed by atoms with van der Waals surface area (Å²) in [6.45, 7) is 3.58. The SMILES string of the molecule is CCc1noc(-c2ccc(CCNC(=O)C3CCCN3)cc2)n1. The molecular weight excluding hydrogens is 292 g/mol. The van der Waals surface area contributed by atoms with Gasteiger partial charge in [-0.15, -0.1) is 0 Å². The van der Waals surface area contributed by atoms with E-state index in [-0.39, 0.29) is 11.9 Å². The van der Waals surface area contributed by atoms with Gasteiger partial charge in [-0.25, -0.2) is 0 Å². The van der Waals surface area contributed by atoms with Gasteiger partial charge >= 0.3 is 0 Å². The number of nitrogens with zero attached hydrogens (tertiary/aromatic N) is 2. The quantitative estimate of drug-likeness (QED) is 0.848. The third kappa shape index (κ3) is 3.96. The Bertz CT molecular complexity index is 645. The van der Waals surface area contributed by atoms with E-state index in [0.717, 1.165) is 37.8 Å². The summed E-state index contributed by atoms with van der Waals surface area (Å²) in [4.78, 5) is 16.2. The van der Waals surface area contributed by atoms with Gasteiger partial charge in [-0.05, 0) is 43.5 Å². The maximum absolute atomic E-state index is 11.9. The Hall–Kier alpha value is -2.21. The minimum absolute atomic E-state index is 0.0114. The summed E-state index contributed by atoms with van der Waals surface area (Å²) in [6, 6.07) is 8.00. The lowest BCUT2D eigenvalue weighted by atomic mass is 10.1. The fourth-order valence-corrected chi connectivity index (χ4v) is 2.69. The minimum atomic E-state index is -0.0114. The van der Waals surface area contributed by atoms with E-state index in [9.17, 15) is 4.79 Å². The number of rotatable bonds is 6. The van der Waals surface area contributed by atoms with Crippen LogP contribution in [-0.4, -0.2) is 35.2 Å². The zero-order chi connectivity index (χ0) is 16.1. The molecule has 6 heteroatoms. The average molecular weight is 314 g/mol. The van der Waals surface area contributed by atoms with Crippen LogP contribution in [0.5, 0.6) is 0 Å². The molecule has 3 rings (SSSR count). The first-order chi connectivity index (χ1) is 11.3. The molecule has 1 aromatic heterocycles. The highest BCUT2D eigenvalue weighted by Crippen LogP contribution is 2.18. The number of amides is 1. The van der Waals surface area contributed by atoms with Crippen molar-refractivity contribution in [2.45, 2.75) is 38.6 Å². The number of carbonyl (C=O) groups excluding carboxylic acids is 1. The van der Waals surface area contributed by atoms with Crippen molar-refractivity contribution < 1.29 is 9.32 Å². The van der Waals surface area contributed by atoms with Gasteiger partial charge in [-0.1, -0.05) is 24.2 Å². The molecule has 1 unspecified atom stereocenters. The maximum Gasteiger partial charge on any atom is 0.257 e. The third-order valence-electron chi connectivity index (χ3n) is 4.07. The molecule has 2 N–H and O–H groups in total. The molecule has 0 radical (unpaired) electrons. The second-order valence-electron chi connectivity index (χ2n) is 5.76. The second-order valence-corrected chi connectivity index (χ2v) is 5.76. The van der Waals surface area contributed by atoms with E-state index >= 15 is 0 Å². The molecule has 2 aromatic rings. The van der Waals surface area contributed by atoms with Crippen molar-refractivity contribution in [1.82, 2.24) is 20.8 Å². The summed E-state index contributed by atoms with van der Waals surface area (Å²) >= 11 is 0. The Morgan fingerprint density at radius 1 is 1.39 bits per heavy atom. The van der Waals surface area contributed by atoms with Gasteiger partial charge < -0.3 is 15.2 Å². The topological polar surface area (TPSA) is 80.0 Å². The number of nitrogens with one attached hydrogen (secondary N) is 2. The van der Waals surface area contributed by atoms with Crippen LogP contribution in [0.2, 0.25) is 0 Å². The molecule has 122 valence electrons. The fraction of sp³-hybridized carbons (Fsp3) is 0.471. The van der Waals surface area contributed by atoms with Gasteiger partial charge in [-0.2, -0.15) is 4.98 Å². The fourth-order valence-electron chi connectivity index (χ4n) is 2.69. The summed E-state index contributed by atoms with van der Waals surface area (Å²) in [6.07, 6.45) is 3.58. The highest BCUT2D eigenvalue weighted by molar-refractivity contribution is 5.81. The van der Waals surface area contributed by atoms with E-state index in [1.807, 2.05) is 31.2 Å². The summed E-state index contributed by atoms with van der Waals surface area (Å²) in [5.41, 5.74) is 2.09. The Kier molecular flexibility index (Phi) is 5.02. The van der Waals surface area contributed by atoms with E-state index < -0.39 is 0 Å². The normalized spacial score (nSPS) is 17.3. The maximum atomic E-state index is 11.9. The lowest BCUT2D eigenvalue weighted by Gasteiger charge is -2.11. The van der Waals surface area contributed by atoms with Gasteiger partial charge in [0.1, 0.15) is 0 Å². The van der Waals surface area contributed by atoms with Gasteiger partial charge in [-0.3, -0.25) is 4.79 Å². The number of aromatic nitrogens is 2. The third-order valence-corrected chi connectivity index (χ3v) is 4.07. The molecule has 0 aliphatic carbocycles. The van der Waals surface area contributed by atoms with Crippen LogP contribution in [0.4, 0.5) is 0 Å². The smallest absolute Gasteiger partial charge is 0.257 e. The minimum Gasteiger partial charge on any atom is -0.354 e. The monoisotopic (exact) mass is 314 g/mol. The summed E-state index contributed by atoms with van der Waals surface area (Å²) in [5.74, 6) is 1.37. The molecule has 1 fully saturated rings. The Labute approximate surface area is 135 Å². The Morgan fingerprint density at radius 3 is 2.87 bits per heavy atom. The van der Waals surface area contributed by atoms with Crippen molar-refractivity contribution in [2.24, 2.45) is 0 Å². The van der Waals surface area contributed by atoms with Crippen LogP contribution in [0.15, 0.2) is 28.8 Å². The number of carbonyl (C=O) groups is 1. The average Bonchev–Trinajstić information content (AvgIpc) is 3.27. The van der Waals surface area contributed by atoms with Crippen molar-refractivity contribution in [3.8, 4) is 11.5 Å². The van der Waals surface area contributed by atoms with Crippen molar-refractivity contribution in [3.63, 3.8) is 0 Å². The van der Waals surface area contributed by atoms with Crippen LogP contribution < -0.4 is 10.6 Å². The van der Waals surface area contributed by atoms with Gasteiger partial charge in [0, 0.05) is 18.5 Å². The van der Waals surface area contributed by atoms with Crippen LogP contribution in [0.1, 0.15) is 31.2 Å². The number of aryl methyl sites for hydroxylation is 1. The zero-order valence-electron chi connectivity index (χ0n) is 13.3. The molecule has 1 atom stereocenters. The first-order valence-corrected chi connectivity index (χ1v) is 8.19. The number of hydrogen-bond acceptors (Lipinski definition) is 5. The van der Waals surface area contributed by atoms with E-state index in [2.05, 4.69) is 20.8 Å². The Balaban J connectivity index is 1.50. The highest BCUT2D eigenvalue weighted by Gasteiger charge is 2.21. The van der Waals surface area contributed by atoms with E-state index in [1.54, 1.807) is 0 Å². The highest BCUT2D eigenvalue weighted by atomic mass is 16.5. The first kappa shape index (κ1) is 15.7. The predicted octanol–water partition coefficient (Wildman–Crippen LogP) is 1.71. The molecule has 1 amide bonds. The summed E-state index contributed by atoms with van der Waals surface area (Å²) < 4.78 is 5.23. The van der Waals surface area contributed by atoms with E-state index in [0.29, 0.717) is 18.3 Å². The zero-order valence-corrected chi connectivity index (χ0v) is 13.3. The molecule has 1 aliphatic heterocycles. The lowest BCUT2D eigenvalue weighted by molar-refractivity contribution is -0.122. The van der Waals surface area contributed by atoms with Crippen molar-refractivity contribution in [1.29, 1.82) is 0 Å². The molecule has 0 bridgehead atoms. The second kappa shape index (κ2) is 7.37. The largest absolute Gasteiger partial charge is 0.354 e. The van der Waals surface area contributed by atoms with Gasteiger partial charge in [0.2, 0.25) is 5.91 Å². The number of benzene rings is 1. The molecule has 0 spiro atoms. The molecule has 23 heavy (non-hydrogen) atoms. The standard InChI is InChI=1S/C17H22N4O2/c1-2-15-20-17(23-21-15)13-7-5-12(6-8-13)9-11-19-16(22)14-4-3-10-18-14/h5-8,14,18H,2-4,9-11H2,1H3,(H,19,22). The molecule has 0 saturated carbocycles. The van der Waals surface area contributed by atoms with E-state index in [4.69, 9.17) is 4.52 Å². The van der Waals surface area contributed by atoms with E-state index in [1.165, 1.54) is 5.56 Å². The van der Waals surface area contributed by atoms with Gasteiger partial charge in [0.15, 0.2) is 5.82 Å². The van der Waals surface area contributed by atoms with Gasteiger partial charge in [0.05, 0.1) is 6.04 Å². The molecular formula is C17H22N4O2. The molecule has 1 aliphatic rings. The van der Waals surface area contributed by atoms with Crippen LogP contribution in [0.3, 0.4) is 0 Å². The van der Waals surface area contributed by atoms with Crippen molar-refractivity contribution >= 4 is 5.91 Å². The summed E-state index contributed by atoms with van der Waals surface area (Å²) in [5, 5.41) is 10.1. The van der Waals surface area contributed by atoms with Gasteiger partial charge in [0.25, 0.3) is 5.89 Å². The predicted molar refractivity (Wildman–Crippen MR) is 86.9 cm³/mol. The van der Waals surface area contributed by atoms with Crippen molar-refractivity contribution in [2.75, 3.05) is 13.1 Å². The summed E-state index contributed by atoms with van der Waals surface area (Å²) in [7, 11) is 0. The molecule has 6 nitrogen and oxygen atoms in total.